The van der Waals surface area contributed by atoms with Crippen LogP contribution in [0.5, 0.6) is 0 Å². The molecule has 3 aromatic heterocycles. The molecular formula is C28H34N8O. The van der Waals surface area contributed by atoms with Gasteiger partial charge < -0.3 is 25.0 Å². The number of aliphatic imine (C=N–C) groups is 2. The molecule has 1 aliphatic heterocycles. The van der Waals surface area contributed by atoms with E-state index in [2.05, 4.69) is 37.2 Å². The minimum absolute atomic E-state index is 0.632. The van der Waals surface area contributed by atoms with Gasteiger partial charge in [0.15, 0.2) is 23.2 Å². The number of imidazole rings is 2. The van der Waals surface area contributed by atoms with Crippen molar-refractivity contribution < 1.29 is 4.42 Å². The highest BCUT2D eigenvalue weighted by Crippen LogP contribution is 2.28. The van der Waals surface area contributed by atoms with Crippen molar-refractivity contribution in [2.24, 2.45) is 9.98 Å². The molecule has 0 amide bonds. The lowest BCUT2D eigenvalue weighted by Crippen LogP contribution is -2.23. The summed E-state index contributed by atoms with van der Waals surface area (Å²) in [6.45, 7) is 14.4. The number of hydrogen-bond donors (Lipinski definition) is 4. The van der Waals surface area contributed by atoms with Crippen LogP contribution in [0, 0.1) is 6.92 Å². The van der Waals surface area contributed by atoms with Gasteiger partial charge >= 0.3 is 0 Å². The zero-order valence-corrected chi connectivity index (χ0v) is 22.1. The van der Waals surface area contributed by atoms with Crippen molar-refractivity contribution in [3.05, 3.63) is 65.5 Å². The van der Waals surface area contributed by atoms with E-state index in [4.69, 9.17) is 14.4 Å². The van der Waals surface area contributed by atoms with Crippen LogP contribution in [0.15, 0.2) is 63.0 Å². The predicted octanol–water partition coefficient (Wildman–Crippen LogP) is 5.10. The van der Waals surface area contributed by atoms with Crippen molar-refractivity contribution >= 4 is 28.8 Å². The number of benzene rings is 1. The normalized spacial score (nSPS) is 13.7. The SMILES string of the molecule is C=C/C(=C\c1nc(-c2ccc(-c3nc4ccc(C(=NC)NCC)cc4[nH]3)o2)[nH]c1C)C1=NCCN1.CC. The Labute approximate surface area is 216 Å². The second kappa shape index (κ2) is 11.6. The van der Waals surface area contributed by atoms with Gasteiger partial charge in [-0.25, -0.2) is 9.97 Å². The number of hydrogen-bond acceptors (Lipinski definition) is 6. The maximum absolute atomic E-state index is 6.12. The van der Waals surface area contributed by atoms with Gasteiger partial charge in [0.05, 0.1) is 23.3 Å². The van der Waals surface area contributed by atoms with Crippen molar-refractivity contribution in [2.75, 3.05) is 26.7 Å². The molecule has 0 atom stereocenters. The van der Waals surface area contributed by atoms with Crippen LogP contribution in [0.25, 0.3) is 40.3 Å². The Balaban J connectivity index is 0.00000156. The van der Waals surface area contributed by atoms with Crippen molar-refractivity contribution in [1.82, 2.24) is 30.6 Å². The van der Waals surface area contributed by atoms with Crippen LogP contribution in [0.4, 0.5) is 0 Å². The zero-order chi connectivity index (χ0) is 26.4. The molecule has 192 valence electrons. The van der Waals surface area contributed by atoms with Crippen molar-refractivity contribution in [3.8, 4) is 23.2 Å². The molecule has 0 fully saturated rings. The highest BCUT2D eigenvalue weighted by Gasteiger charge is 2.16. The molecule has 0 aliphatic carbocycles. The highest BCUT2D eigenvalue weighted by atomic mass is 16.3. The van der Waals surface area contributed by atoms with E-state index in [1.165, 1.54) is 0 Å². The van der Waals surface area contributed by atoms with Gasteiger partial charge in [0.2, 0.25) is 0 Å². The van der Waals surface area contributed by atoms with E-state index in [0.29, 0.717) is 23.2 Å². The Bertz CT molecular complexity index is 1480. The Morgan fingerprint density at radius 2 is 1.89 bits per heavy atom. The standard InChI is InChI=1S/C26H28N8O.C2H6/c1-5-16(24-29-11-12-30-24)13-19-15(3)31-25(33-19)21-9-10-22(35-21)26-32-18-8-7-17(14-20(18)34-26)23(27-4)28-6-2;1-2/h5,7-10,13-14H,1,6,11-12H2,2-4H3,(H,27,28)(H,29,30)(H,31,33)(H,32,34);1-2H3/b16-13+;. The molecule has 9 heteroatoms. The third kappa shape index (κ3) is 5.40. The molecular weight excluding hydrogens is 464 g/mol. The molecule has 0 bridgehead atoms. The summed E-state index contributed by atoms with van der Waals surface area (Å²) in [4.78, 5) is 24.9. The van der Waals surface area contributed by atoms with Gasteiger partial charge in [-0.3, -0.25) is 9.98 Å². The fraction of sp³-hybridized carbons (Fsp3) is 0.286. The van der Waals surface area contributed by atoms with Crippen molar-refractivity contribution in [1.29, 1.82) is 0 Å². The minimum Gasteiger partial charge on any atom is -0.450 e. The molecule has 5 rings (SSSR count). The Hall–Kier alpha value is -4.40. The first kappa shape index (κ1) is 25.7. The van der Waals surface area contributed by atoms with Gasteiger partial charge in [-0.05, 0) is 50.3 Å². The van der Waals surface area contributed by atoms with Gasteiger partial charge in [0.25, 0.3) is 0 Å². The summed E-state index contributed by atoms with van der Waals surface area (Å²) in [6.07, 6.45) is 3.76. The molecule has 4 N–H and O–H groups in total. The summed E-state index contributed by atoms with van der Waals surface area (Å²) < 4.78 is 6.12. The van der Waals surface area contributed by atoms with Crippen LogP contribution in [0.2, 0.25) is 0 Å². The van der Waals surface area contributed by atoms with E-state index in [9.17, 15) is 0 Å². The van der Waals surface area contributed by atoms with Gasteiger partial charge in [-0.15, -0.1) is 0 Å². The largest absolute Gasteiger partial charge is 0.450 e. The molecule has 0 saturated carbocycles. The number of rotatable bonds is 7. The number of aromatic nitrogens is 4. The third-order valence-electron chi connectivity index (χ3n) is 5.78. The number of aryl methyl sites for hydroxylation is 1. The van der Waals surface area contributed by atoms with E-state index < -0.39 is 0 Å². The number of H-pyrrole nitrogens is 2. The number of nitrogens with zero attached hydrogens (tertiary/aromatic N) is 4. The molecule has 0 saturated heterocycles. The Morgan fingerprint density at radius 3 is 2.54 bits per heavy atom. The van der Waals surface area contributed by atoms with Gasteiger partial charge in [0.1, 0.15) is 11.7 Å². The quantitative estimate of drug-likeness (QED) is 0.160. The fourth-order valence-corrected chi connectivity index (χ4v) is 4.04. The number of fused-ring (bicyclic) bond motifs is 1. The first-order chi connectivity index (χ1) is 18.1. The molecule has 9 nitrogen and oxygen atoms in total. The topological polar surface area (TPSA) is 119 Å². The highest BCUT2D eigenvalue weighted by molar-refractivity contribution is 6.05. The molecule has 1 aromatic carbocycles. The minimum atomic E-state index is 0.632. The van der Waals surface area contributed by atoms with Crippen LogP contribution in [-0.4, -0.2) is 58.3 Å². The average Bonchev–Trinajstić information content (AvgIpc) is 3.72. The fourth-order valence-electron chi connectivity index (χ4n) is 4.04. The van der Waals surface area contributed by atoms with E-state index in [1.807, 2.05) is 64.1 Å². The average molecular weight is 499 g/mol. The van der Waals surface area contributed by atoms with E-state index in [0.717, 1.165) is 64.9 Å². The molecule has 0 radical (unpaired) electrons. The molecule has 0 spiro atoms. The number of furan rings is 1. The van der Waals surface area contributed by atoms with Crippen LogP contribution < -0.4 is 10.6 Å². The molecule has 1 aliphatic rings. The van der Waals surface area contributed by atoms with Crippen molar-refractivity contribution in [2.45, 2.75) is 27.7 Å². The van der Waals surface area contributed by atoms with E-state index >= 15 is 0 Å². The second-order valence-electron chi connectivity index (χ2n) is 8.14. The molecule has 37 heavy (non-hydrogen) atoms. The lowest BCUT2D eigenvalue weighted by molar-refractivity contribution is 0.589. The predicted molar refractivity (Wildman–Crippen MR) is 152 cm³/mol. The Morgan fingerprint density at radius 1 is 1.14 bits per heavy atom. The number of amidine groups is 2. The van der Waals surface area contributed by atoms with Gasteiger partial charge in [-0.1, -0.05) is 26.5 Å². The summed E-state index contributed by atoms with van der Waals surface area (Å²) >= 11 is 0. The number of aromatic amines is 2. The molecule has 0 unspecified atom stereocenters. The monoisotopic (exact) mass is 498 g/mol. The first-order valence-electron chi connectivity index (χ1n) is 12.6. The third-order valence-corrected chi connectivity index (χ3v) is 5.78. The summed E-state index contributed by atoms with van der Waals surface area (Å²) in [7, 11) is 1.78. The lowest BCUT2D eigenvalue weighted by atomic mass is 10.2. The van der Waals surface area contributed by atoms with Crippen LogP contribution in [-0.2, 0) is 0 Å². The van der Waals surface area contributed by atoms with Crippen LogP contribution in [0.1, 0.15) is 37.7 Å². The first-order valence-corrected chi connectivity index (χ1v) is 12.6. The van der Waals surface area contributed by atoms with Crippen molar-refractivity contribution in [3.63, 3.8) is 0 Å². The maximum atomic E-state index is 6.12. The smallest absolute Gasteiger partial charge is 0.174 e. The lowest BCUT2D eigenvalue weighted by Gasteiger charge is -2.06. The van der Waals surface area contributed by atoms with E-state index in [-0.39, 0.29) is 0 Å². The number of nitrogens with one attached hydrogen (secondary N) is 4. The summed E-state index contributed by atoms with van der Waals surface area (Å²) in [6, 6.07) is 9.81. The Kier molecular flexibility index (Phi) is 8.02. The van der Waals surface area contributed by atoms with Gasteiger partial charge in [-0.2, -0.15) is 0 Å². The zero-order valence-electron chi connectivity index (χ0n) is 22.1. The van der Waals surface area contributed by atoms with Crippen LogP contribution in [0.3, 0.4) is 0 Å². The maximum Gasteiger partial charge on any atom is 0.174 e. The van der Waals surface area contributed by atoms with Gasteiger partial charge in [0, 0.05) is 37.0 Å². The second-order valence-corrected chi connectivity index (χ2v) is 8.14. The molecule has 4 heterocycles. The van der Waals surface area contributed by atoms with Crippen LogP contribution >= 0.6 is 0 Å². The molecule has 4 aromatic rings. The summed E-state index contributed by atoms with van der Waals surface area (Å²) in [5, 5.41) is 6.55. The van der Waals surface area contributed by atoms with E-state index in [1.54, 1.807) is 13.1 Å². The summed E-state index contributed by atoms with van der Waals surface area (Å²) in [5.41, 5.74) is 5.43. The summed E-state index contributed by atoms with van der Waals surface area (Å²) in [5.74, 6) is 4.27.